The molecule has 0 aromatic carbocycles. The van der Waals surface area contributed by atoms with Crippen molar-refractivity contribution in [2.75, 3.05) is 13.2 Å². The molecule has 6 heteroatoms. The summed E-state index contributed by atoms with van der Waals surface area (Å²) >= 11 is 0. The first-order valence-corrected chi connectivity index (χ1v) is 32.5. The van der Waals surface area contributed by atoms with Gasteiger partial charge in [-0.3, -0.25) is 14.4 Å². The summed E-state index contributed by atoms with van der Waals surface area (Å²) < 4.78 is 16.9. The molecule has 1 unspecified atom stereocenters. The summed E-state index contributed by atoms with van der Waals surface area (Å²) in [5, 5.41) is 0. The van der Waals surface area contributed by atoms with Gasteiger partial charge in [-0.25, -0.2) is 0 Å². The summed E-state index contributed by atoms with van der Waals surface area (Å²) in [4.78, 5) is 38.2. The monoisotopic (exact) mass is 1020 g/mol. The average molecular weight is 1030 g/mol. The van der Waals surface area contributed by atoms with Crippen LogP contribution < -0.4 is 0 Å². The molecule has 6 nitrogen and oxygen atoms in total. The third kappa shape index (κ3) is 60.4. The molecule has 0 aromatic heterocycles. The Labute approximate surface area is 455 Å². The second kappa shape index (κ2) is 62.2. The molecule has 0 aromatic rings. The van der Waals surface area contributed by atoms with Gasteiger partial charge in [0.15, 0.2) is 6.10 Å². The largest absolute Gasteiger partial charge is 0.462 e. The van der Waals surface area contributed by atoms with Crippen molar-refractivity contribution in [3.05, 3.63) is 36.5 Å². The van der Waals surface area contributed by atoms with Gasteiger partial charge in [-0.05, 0) is 57.8 Å². The molecule has 0 amide bonds. The molecule has 0 spiro atoms. The number of allylic oxidation sites excluding steroid dienone is 6. The summed E-state index contributed by atoms with van der Waals surface area (Å²) in [6.07, 6.45) is 75.9. The molecule has 0 fully saturated rings. The summed E-state index contributed by atoms with van der Waals surface area (Å²) in [5.41, 5.74) is 0. The van der Waals surface area contributed by atoms with E-state index in [0.29, 0.717) is 19.3 Å². The van der Waals surface area contributed by atoms with Crippen molar-refractivity contribution in [3.8, 4) is 0 Å². The fourth-order valence-corrected chi connectivity index (χ4v) is 9.75. The molecule has 0 rings (SSSR count). The first-order valence-electron chi connectivity index (χ1n) is 32.5. The zero-order valence-electron chi connectivity index (χ0n) is 49.2. The topological polar surface area (TPSA) is 78.9 Å². The fraction of sp³-hybridized carbons (Fsp3) is 0.866. The van der Waals surface area contributed by atoms with Crippen molar-refractivity contribution in [2.45, 2.75) is 361 Å². The number of carbonyl (C=O) groups is 3. The molecule has 0 radical (unpaired) electrons. The maximum Gasteiger partial charge on any atom is 0.306 e. The van der Waals surface area contributed by atoms with Crippen LogP contribution in [-0.2, 0) is 28.6 Å². The normalized spacial score (nSPS) is 12.2. The van der Waals surface area contributed by atoms with Gasteiger partial charge in [0.1, 0.15) is 13.2 Å². The molecule has 0 aliphatic heterocycles. The fourth-order valence-electron chi connectivity index (χ4n) is 9.75. The third-order valence-corrected chi connectivity index (χ3v) is 14.6. The lowest BCUT2D eigenvalue weighted by Crippen LogP contribution is -2.30. The van der Waals surface area contributed by atoms with E-state index >= 15 is 0 Å². The van der Waals surface area contributed by atoms with E-state index in [0.717, 1.165) is 77.0 Å². The van der Waals surface area contributed by atoms with Crippen LogP contribution >= 0.6 is 0 Å². The Hall–Kier alpha value is -2.37. The molecule has 0 saturated carbocycles. The van der Waals surface area contributed by atoms with Gasteiger partial charge in [0, 0.05) is 19.3 Å². The van der Waals surface area contributed by atoms with Crippen LogP contribution in [0, 0.1) is 0 Å². The van der Waals surface area contributed by atoms with Gasteiger partial charge in [-0.15, -0.1) is 0 Å². The standard InChI is InChI=1S/C67H124O6/c1-4-7-10-13-16-19-22-24-26-28-30-32-33-34-36-37-39-41-43-45-48-51-54-57-60-66(69)72-63-64(62-71-65(68)59-56-53-50-47-21-18-15-12-9-6-3)73-67(70)61-58-55-52-49-46-44-42-40-38-35-31-29-27-25-23-20-17-14-11-8-5-2/h23,25,29,31,38,40,64H,4-22,24,26-28,30,32-37,39,41-63H2,1-3H3/b25-23-,31-29-,40-38-. The number of hydrogen-bond acceptors (Lipinski definition) is 6. The summed E-state index contributed by atoms with van der Waals surface area (Å²) in [7, 11) is 0. The second-order valence-electron chi connectivity index (χ2n) is 22.0. The highest BCUT2D eigenvalue weighted by atomic mass is 16.6. The molecule has 1 atom stereocenters. The highest BCUT2D eigenvalue weighted by Gasteiger charge is 2.19. The Morgan fingerprint density at radius 3 is 0.767 bits per heavy atom. The third-order valence-electron chi connectivity index (χ3n) is 14.6. The number of carbonyl (C=O) groups excluding carboxylic acids is 3. The zero-order valence-corrected chi connectivity index (χ0v) is 49.2. The Kier molecular flexibility index (Phi) is 60.2. The highest BCUT2D eigenvalue weighted by molar-refractivity contribution is 5.71. The van der Waals surface area contributed by atoms with E-state index in [-0.39, 0.29) is 31.1 Å². The van der Waals surface area contributed by atoms with E-state index in [1.54, 1.807) is 0 Å². The van der Waals surface area contributed by atoms with E-state index in [1.807, 2.05) is 0 Å². The van der Waals surface area contributed by atoms with Crippen LogP contribution in [0.2, 0.25) is 0 Å². The minimum Gasteiger partial charge on any atom is -0.462 e. The number of unbranched alkanes of at least 4 members (excludes halogenated alkanes) is 43. The van der Waals surface area contributed by atoms with Crippen LogP contribution in [0.3, 0.4) is 0 Å². The summed E-state index contributed by atoms with van der Waals surface area (Å²) in [6.45, 7) is 6.66. The van der Waals surface area contributed by atoms with Crippen molar-refractivity contribution >= 4 is 17.9 Å². The Morgan fingerprint density at radius 1 is 0.274 bits per heavy atom. The number of ether oxygens (including phenoxy) is 3. The Bertz CT molecular complexity index is 1220. The van der Waals surface area contributed by atoms with Crippen molar-refractivity contribution in [1.29, 1.82) is 0 Å². The smallest absolute Gasteiger partial charge is 0.306 e. The molecule has 0 N–H and O–H groups in total. The molecule has 0 heterocycles. The minimum atomic E-state index is -0.775. The van der Waals surface area contributed by atoms with Gasteiger partial charge in [-0.1, -0.05) is 314 Å². The maximum atomic E-state index is 12.9. The molecule has 428 valence electrons. The molecule has 0 aliphatic rings. The minimum absolute atomic E-state index is 0.0725. The van der Waals surface area contributed by atoms with E-state index in [9.17, 15) is 14.4 Å². The first kappa shape index (κ1) is 70.6. The molecular weight excluding hydrogens is 901 g/mol. The van der Waals surface area contributed by atoms with E-state index in [4.69, 9.17) is 14.2 Å². The number of rotatable bonds is 60. The van der Waals surface area contributed by atoms with Crippen LogP contribution in [-0.4, -0.2) is 37.2 Å². The predicted molar refractivity (Wildman–Crippen MR) is 316 cm³/mol. The van der Waals surface area contributed by atoms with Gasteiger partial charge in [-0.2, -0.15) is 0 Å². The van der Waals surface area contributed by atoms with Crippen LogP contribution in [0.1, 0.15) is 355 Å². The Morgan fingerprint density at radius 2 is 0.493 bits per heavy atom. The quantitative estimate of drug-likeness (QED) is 0.0261. The number of hydrogen-bond donors (Lipinski definition) is 0. The van der Waals surface area contributed by atoms with E-state index in [2.05, 4.69) is 57.2 Å². The van der Waals surface area contributed by atoms with Crippen LogP contribution in [0.15, 0.2) is 36.5 Å². The van der Waals surface area contributed by atoms with E-state index in [1.165, 1.54) is 238 Å². The lowest BCUT2D eigenvalue weighted by molar-refractivity contribution is -0.167. The van der Waals surface area contributed by atoms with Crippen LogP contribution in [0.4, 0.5) is 0 Å². The lowest BCUT2D eigenvalue weighted by atomic mass is 10.0. The highest BCUT2D eigenvalue weighted by Crippen LogP contribution is 2.18. The van der Waals surface area contributed by atoms with Crippen molar-refractivity contribution in [1.82, 2.24) is 0 Å². The van der Waals surface area contributed by atoms with Gasteiger partial charge < -0.3 is 14.2 Å². The first-order chi connectivity index (χ1) is 36.0. The van der Waals surface area contributed by atoms with Crippen molar-refractivity contribution in [2.24, 2.45) is 0 Å². The SMILES string of the molecule is CCCCCCC/C=C\C/C=C\C/C=C\CCCCCCCCC(=O)OC(COC(=O)CCCCCCCCCCCC)COC(=O)CCCCCCCCCCCCCCCCCCCCCCCCCC. The molecular formula is C67H124O6. The van der Waals surface area contributed by atoms with Crippen LogP contribution in [0.5, 0.6) is 0 Å². The second-order valence-corrected chi connectivity index (χ2v) is 22.0. The zero-order chi connectivity index (χ0) is 52.9. The summed E-state index contributed by atoms with van der Waals surface area (Å²) in [6, 6.07) is 0. The van der Waals surface area contributed by atoms with Crippen molar-refractivity contribution < 1.29 is 28.6 Å². The Balaban J connectivity index is 4.22. The lowest BCUT2D eigenvalue weighted by Gasteiger charge is -2.18. The molecule has 73 heavy (non-hydrogen) atoms. The van der Waals surface area contributed by atoms with Crippen molar-refractivity contribution in [3.63, 3.8) is 0 Å². The van der Waals surface area contributed by atoms with E-state index < -0.39 is 6.10 Å². The average Bonchev–Trinajstić information content (AvgIpc) is 3.39. The van der Waals surface area contributed by atoms with Gasteiger partial charge in [0.05, 0.1) is 0 Å². The maximum absolute atomic E-state index is 12.9. The van der Waals surface area contributed by atoms with Gasteiger partial charge in [0.2, 0.25) is 0 Å². The van der Waals surface area contributed by atoms with Gasteiger partial charge in [0.25, 0.3) is 0 Å². The molecule has 0 saturated heterocycles. The predicted octanol–water partition coefficient (Wildman–Crippen LogP) is 22.0. The number of esters is 3. The van der Waals surface area contributed by atoms with Crippen LogP contribution in [0.25, 0.3) is 0 Å². The summed E-state index contributed by atoms with van der Waals surface area (Å²) in [5.74, 6) is -0.864. The molecule has 0 bridgehead atoms. The molecule has 0 aliphatic carbocycles. The van der Waals surface area contributed by atoms with Gasteiger partial charge >= 0.3 is 17.9 Å².